The van der Waals surface area contributed by atoms with Gasteiger partial charge in [0.1, 0.15) is 0 Å². The Labute approximate surface area is 88.1 Å². The lowest BCUT2D eigenvalue weighted by atomic mass is 9.95. The normalized spacial score (nSPS) is 35.4. The Kier molecular flexibility index (Phi) is 1.82. The van der Waals surface area contributed by atoms with E-state index >= 15 is 0 Å². The quantitative estimate of drug-likeness (QED) is 0.721. The molecule has 3 rings (SSSR count). The first-order valence-corrected chi connectivity index (χ1v) is 5.58. The van der Waals surface area contributed by atoms with Gasteiger partial charge in [0.15, 0.2) is 4.77 Å². The maximum atomic E-state index is 5.82. The van der Waals surface area contributed by atoms with Gasteiger partial charge in [0.2, 0.25) is 0 Å². The first kappa shape index (κ1) is 8.68. The highest BCUT2D eigenvalue weighted by Gasteiger charge is 2.41. The van der Waals surface area contributed by atoms with E-state index in [4.69, 9.17) is 17.0 Å². The summed E-state index contributed by atoms with van der Waals surface area (Å²) in [5, 5.41) is 0. The molecule has 0 aliphatic carbocycles. The van der Waals surface area contributed by atoms with Gasteiger partial charge in [-0.3, -0.25) is 0 Å². The van der Waals surface area contributed by atoms with Gasteiger partial charge in [-0.05, 0) is 38.4 Å². The number of H-pyrrole nitrogens is 1. The van der Waals surface area contributed by atoms with Crippen LogP contribution in [-0.4, -0.2) is 21.8 Å². The molecule has 2 fully saturated rings. The molecule has 3 atom stereocenters. The number of aryl methyl sites for hydroxylation is 1. The first-order valence-electron chi connectivity index (χ1n) is 5.17. The number of ether oxygens (including phenoxy) is 1. The summed E-state index contributed by atoms with van der Waals surface area (Å²) < 4.78 is 8.83. The summed E-state index contributed by atoms with van der Waals surface area (Å²) in [4.78, 5) is 3.17. The molecule has 4 heteroatoms. The molecule has 2 aliphatic rings. The van der Waals surface area contributed by atoms with Crippen molar-refractivity contribution in [1.29, 1.82) is 0 Å². The van der Waals surface area contributed by atoms with Gasteiger partial charge in [0.05, 0.1) is 18.2 Å². The van der Waals surface area contributed by atoms with Crippen LogP contribution in [0, 0.1) is 11.7 Å². The van der Waals surface area contributed by atoms with Crippen LogP contribution in [0.2, 0.25) is 0 Å². The molecule has 76 valence electrons. The van der Waals surface area contributed by atoms with Crippen LogP contribution in [0.5, 0.6) is 0 Å². The van der Waals surface area contributed by atoms with Gasteiger partial charge in [-0.1, -0.05) is 0 Å². The van der Waals surface area contributed by atoms with E-state index in [1.807, 2.05) is 6.92 Å². The zero-order chi connectivity index (χ0) is 9.71. The van der Waals surface area contributed by atoms with E-state index < -0.39 is 0 Å². The summed E-state index contributed by atoms with van der Waals surface area (Å²) in [7, 11) is 0. The summed E-state index contributed by atoms with van der Waals surface area (Å²) in [5.41, 5.74) is 1.14. The fourth-order valence-corrected chi connectivity index (χ4v) is 3.03. The molecule has 1 aromatic heterocycles. The fraction of sp³-hybridized carbons (Fsp3) is 0.700. The molecule has 0 radical (unpaired) electrons. The number of fused-ring (bicyclic) bond motifs is 2. The van der Waals surface area contributed by atoms with Gasteiger partial charge >= 0.3 is 0 Å². The zero-order valence-corrected chi connectivity index (χ0v) is 9.01. The van der Waals surface area contributed by atoms with Crippen molar-refractivity contribution in [1.82, 2.24) is 9.55 Å². The van der Waals surface area contributed by atoms with E-state index in [2.05, 4.69) is 15.7 Å². The standard InChI is InChI=1S/C10H14N2OS/c1-6-5-12(10(14)11-6)8-4-7-2-3-9(8)13-7/h5,7-9H,2-4H2,1H3,(H,11,14). The van der Waals surface area contributed by atoms with Crippen LogP contribution in [0.3, 0.4) is 0 Å². The predicted molar refractivity (Wildman–Crippen MR) is 55.9 cm³/mol. The van der Waals surface area contributed by atoms with Gasteiger partial charge in [-0.25, -0.2) is 0 Å². The molecule has 2 bridgehead atoms. The van der Waals surface area contributed by atoms with Crippen molar-refractivity contribution in [2.24, 2.45) is 0 Å². The van der Waals surface area contributed by atoms with Gasteiger partial charge in [0.25, 0.3) is 0 Å². The van der Waals surface area contributed by atoms with Crippen molar-refractivity contribution >= 4 is 12.2 Å². The third kappa shape index (κ3) is 1.17. The highest BCUT2D eigenvalue weighted by atomic mass is 32.1. The highest BCUT2D eigenvalue weighted by molar-refractivity contribution is 7.71. The second kappa shape index (κ2) is 2.94. The molecule has 14 heavy (non-hydrogen) atoms. The summed E-state index contributed by atoms with van der Waals surface area (Å²) in [6, 6.07) is 0.478. The molecular weight excluding hydrogens is 196 g/mol. The minimum absolute atomic E-state index is 0.405. The lowest BCUT2D eigenvalue weighted by Gasteiger charge is -2.19. The van der Waals surface area contributed by atoms with Crippen LogP contribution in [0.4, 0.5) is 0 Å². The van der Waals surface area contributed by atoms with E-state index in [1.54, 1.807) is 0 Å². The molecule has 1 aromatic rings. The Morgan fingerprint density at radius 2 is 2.43 bits per heavy atom. The summed E-state index contributed by atoms with van der Waals surface area (Å²) in [6.07, 6.45) is 6.57. The lowest BCUT2D eigenvalue weighted by Crippen LogP contribution is -2.20. The highest BCUT2D eigenvalue weighted by Crippen LogP contribution is 2.41. The van der Waals surface area contributed by atoms with E-state index in [0.717, 1.165) is 16.9 Å². The van der Waals surface area contributed by atoms with Gasteiger partial charge in [-0.2, -0.15) is 0 Å². The van der Waals surface area contributed by atoms with Gasteiger partial charge in [0, 0.05) is 11.9 Å². The van der Waals surface area contributed by atoms with Crippen LogP contribution in [-0.2, 0) is 4.74 Å². The Morgan fingerprint density at radius 1 is 1.57 bits per heavy atom. The average Bonchev–Trinajstić information content (AvgIpc) is 2.79. The Morgan fingerprint density at radius 3 is 2.93 bits per heavy atom. The molecule has 0 spiro atoms. The van der Waals surface area contributed by atoms with Gasteiger partial charge in [-0.15, -0.1) is 0 Å². The molecule has 2 aliphatic heterocycles. The molecule has 0 saturated carbocycles. The minimum Gasteiger partial charge on any atom is -0.373 e. The Balaban J connectivity index is 1.96. The van der Waals surface area contributed by atoms with Crippen LogP contribution < -0.4 is 0 Å². The zero-order valence-electron chi connectivity index (χ0n) is 8.19. The Hall–Kier alpha value is -0.610. The summed E-state index contributed by atoms with van der Waals surface area (Å²) in [5.74, 6) is 0. The number of nitrogens with zero attached hydrogens (tertiary/aromatic N) is 1. The van der Waals surface area contributed by atoms with Crippen LogP contribution in [0.15, 0.2) is 6.20 Å². The molecule has 2 saturated heterocycles. The molecule has 0 amide bonds. The fourth-order valence-electron chi connectivity index (χ4n) is 2.68. The van der Waals surface area contributed by atoms with E-state index in [9.17, 15) is 0 Å². The second-order valence-electron chi connectivity index (χ2n) is 4.33. The van der Waals surface area contributed by atoms with Crippen molar-refractivity contribution in [2.75, 3.05) is 0 Å². The van der Waals surface area contributed by atoms with Crippen molar-refractivity contribution in [3.63, 3.8) is 0 Å². The summed E-state index contributed by atoms with van der Waals surface area (Å²) >= 11 is 5.28. The second-order valence-corrected chi connectivity index (χ2v) is 4.71. The topological polar surface area (TPSA) is 29.9 Å². The first-order chi connectivity index (χ1) is 6.74. The number of aromatic nitrogens is 2. The van der Waals surface area contributed by atoms with E-state index in [0.29, 0.717) is 18.2 Å². The maximum Gasteiger partial charge on any atom is 0.177 e. The SMILES string of the molecule is Cc1cn(C2CC3CCC2O3)c(=S)[nH]1. The van der Waals surface area contributed by atoms with Crippen LogP contribution in [0.25, 0.3) is 0 Å². The van der Waals surface area contributed by atoms with Crippen LogP contribution in [0.1, 0.15) is 31.0 Å². The smallest absolute Gasteiger partial charge is 0.177 e. The third-order valence-corrected chi connectivity index (χ3v) is 3.62. The van der Waals surface area contributed by atoms with E-state index in [1.165, 1.54) is 12.8 Å². The predicted octanol–water partition coefficient (Wildman–Crippen LogP) is 2.35. The van der Waals surface area contributed by atoms with Crippen LogP contribution >= 0.6 is 12.2 Å². The number of hydrogen-bond donors (Lipinski definition) is 1. The van der Waals surface area contributed by atoms with Crippen molar-refractivity contribution in [3.05, 3.63) is 16.7 Å². The monoisotopic (exact) mass is 210 g/mol. The molecule has 3 nitrogen and oxygen atoms in total. The third-order valence-electron chi connectivity index (χ3n) is 3.30. The average molecular weight is 210 g/mol. The van der Waals surface area contributed by atoms with Crippen molar-refractivity contribution in [3.8, 4) is 0 Å². The molecule has 0 aromatic carbocycles. The molecule has 1 N–H and O–H groups in total. The van der Waals surface area contributed by atoms with Crippen molar-refractivity contribution < 1.29 is 4.74 Å². The lowest BCUT2D eigenvalue weighted by molar-refractivity contribution is 0.0937. The number of hydrogen-bond acceptors (Lipinski definition) is 2. The van der Waals surface area contributed by atoms with Crippen molar-refractivity contribution in [2.45, 2.75) is 44.4 Å². The minimum atomic E-state index is 0.405. The Bertz CT molecular complexity index is 408. The maximum absolute atomic E-state index is 5.82. The molecule has 3 heterocycles. The van der Waals surface area contributed by atoms with Gasteiger partial charge < -0.3 is 14.3 Å². The molecule has 3 unspecified atom stereocenters. The van der Waals surface area contributed by atoms with E-state index in [-0.39, 0.29) is 0 Å². The summed E-state index contributed by atoms with van der Waals surface area (Å²) in [6.45, 7) is 2.04. The number of nitrogens with one attached hydrogen (secondary N) is 1. The number of rotatable bonds is 1. The number of aromatic amines is 1. The molecular formula is C10H14N2OS. The number of imidazole rings is 1. The largest absolute Gasteiger partial charge is 0.373 e.